The van der Waals surface area contributed by atoms with E-state index in [0.717, 1.165) is 17.3 Å². The molecule has 1 aromatic heterocycles. The van der Waals surface area contributed by atoms with Crippen molar-refractivity contribution >= 4 is 29.0 Å². The Kier molecular flexibility index (Phi) is 5.64. The summed E-state index contributed by atoms with van der Waals surface area (Å²) in [4.78, 5) is 24.1. The Morgan fingerprint density at radius 2 is 1.86 bits per heavy atom. The quantitative estimate of drug-likeness (QED) is 0.500. The summed E-state index contributed by atoms with van der Waals surface area (Å²) in [5, 5.41) is 25.7. The fraction of sp³-hybridized carbons (Fsp3) is 0.263. The summed E-state index contributed by atoms with van der Waals surface area (Å²) in [6, 6.07) is 11.7. The minimum atomic E-state index is -0.534. The average Bonchev–Trinajstić information content (AvgIpc) is 3.06. The molecule has 0 radical (unpaired) electrons. The second kappa shape index (κ2) is 8.00. The summed E-state index contributed by atoms with van der Waals surface area (Å²) < 4.78 is 1.46. The highest BCUT2D eigenvalue weighted by molar-refractivity contribution is 7.99. The van der Waals surface area contributed by atoms with E-state index in [-0.39, 0.29) is 16.7 Å². The smallest absolute Gasteiger partial charge is 0.270 e. The number of tetrazole rings is 1. The van der Waals surface area contributed by atoms with Crippen LogP contribution in [0.25, 0.3) is 0 Å². The number of nitrogens with one attached hydrogen (secondary N) is 1. The summed E-state index contributed by atoms with van der Waals surface area (Å²) >= 11 is 1.16. The van der Waals surface area contributed by atoms with E-state index in [2.05, 4.69) is 41.6 Å². The van der Waals surface area contributed by atoms with Crippen LogP contribution in [0.15, 0.2) is 52.5 Å². The van der Waals surface area contributed by atoms with Gasteiger partial charge < -0.3 is 5.32 Å². The average molecular weight is 412 g/mol. The number of amides is 1. The molecule has 150 valence electrons. The lowest BCUT2D eigenvalue weighted by Gasteiger charge is -2.19. The molecule has 0 unspecified atom stereocenters. The number of aryl methyl sites for hydroxylation is 1. The number of nitro groups is 1. The largest absolute Gasteiger partial charge is 0.322 e. The first-order valence-corrected chi connectivity index (χ1v) is 9.57. The number of rotatable bonds is 5. The zero-order valence-electron chi connectivity index (χ0n) is 16.4. The van der Waals surface area contributed by atoms with E-state index in [9.17, 15) is 14.9 Å². The molecular weight excluding hydrogens is 392 g/mol. The lowest BCUT2D eigenvalue weighted by molar-refractivity contribution is -0.384. The van der Waals surface area contributed by atoms with Gasteiger partial charge in [-0.15, -0.1) is 5.10 Å². The molecule has 1 heterocycles. The van der Waals surface area contributed by atoms with E-state index >= 15 is 0 Å². The maximum absolute atomic E-state index is 12.9. The molecule has 3 aromatic rings. The van der Waals surface area contributed by atoms with Gasteiger partial charge in [-0.2, -0.15) is 0 Å². The molecule has 3 rings (SSSR count). The number of hydrogen-bond donors (Lipinski definition) is 1. The Balaban J connectivity index is 1.90. The Morgan fingerprint density at radius 1 is 1.17 bits per heavy atom. The predicted molar refractivity (Wildman–Crippen MR) is 109 cm³/mol. The van der Waals surface area contributed by atoms with Crippen LogP contribution in [0.5, 0.6) is 0 Å². The number of anilines is 1. The molecular formula is C19H20N6O3S. The van der Waals surface area contributed by atoms with Crippen molar-refractivity contribution in [2.45, 2.75) is 36.2 Å². The van der Waals surface area contributed by atoms with Crippen LogP contribution in [0.4, 0.5) is 11.4 Å². The Bertz CT molecular complexity index is 1060. The molecule has 0 aliphatic carbocycles. The second-order valence-corrected chi connectivity index (χ2v) is 8.42. The molecule has 0 bridgehead atoms. The lowest BCUT2D eigenvalue weighted by atomic mass is 9.87. The third-order valence-electron chi connectivity index (χ3n) is 4.21. The maximum Gasteiger partial charge on any atom is 0.270 e. The van der Waals surface area contributed by atoms with Crippen molar-refractivity contribution in [3.05, 3.63) is 63.7 Å². The first-order valence-electron chi connectivity index (χ1n) is 8.75. The van der Waals surface area contributed by atoms with Crippen molar-refractivity contribution in [1.29, 1.82) is 0 Å². The standard InChI is InChI=1S/C19H20N6O3S/c1-19(2,3)12-5-7-13(8-6-12)20-17(26)15-11-14(25(27)28)9-10-16(15)29-18-21-22-23-24(18)4/h5-11H,1-4H3,(H,20,26). The highest BCUT2D eigenvalue weighted by Crippen LogP contribution is 2.31. The molecule has 1 amide bonds. The van der Waals surface area contributed by atoms with Gasteiger partial charge in [-0.1, -0.05) is 32.9 Å². The summed E-state index contributed by atoms with van der Waals surface area (Å²) in [6.45, 7) is 6.32. The number of nitrogens with zero attached hydrogens (tertiary/aromatic N) is 5. The molecule has 0 spiro atoms. The minimum Gasteiger partial charge on any atom is -0.322 e. The highest BCUT2D eigenvalue weighted by Gasteiger charge is 2.20. The van der Waals surface area contributed by atoms with E-state index in [1.54, 1.807) is 7.05 Å². The molecule has 0 fully saturated rings. The van der Waals surface area contributed by atoms with Crippen molar-refractivity contribution in [3.63, 3.8) is 0 Å². The van der Waals surface area contributed by atoms with Crippen molar-refractivity contribution in [3.8, 4) is 0 Å². The van der Waals surface area contributed by atoms with Gasteiger partial charge in [0, 0.05) is 29.8 Å². The topological polar surface area (TPSA) is 116 Å². The summed E-state index contributed by atoms with van der Waals surface area (Å²) in [6.07, 6.45) is 0. The van der Waals surface area contributed by atoms with Crippen molar-refractivity contribution in [1.82, 2.24) is 20.2 Å². The Hall–Kier alpha value is -3.27. The van der Waals surface area contributed by atoms with E-state index in [0.29, 0.717) is 15.7 Å². The van der Waals surface area contributed by atoms with Crippen molar-refractivity contribution in [2.75, 3.05) is 5.32 Å². The van der Waals surface area contributed by atoms with Crippen LogP contribution in [0.1, 0.15) is 36.7 Å². The van der Waals surface area contributed by atoms with Crippen LogP contribution in [-0.2, 0) is 12.5 Å². The fourth-order valence-electron chi connectivity index (χ4n) is 2.56. The van der Waals surface area contributed by atoms with Gasteiger partial charge in [0.2, 0.25) is 5.16 Å². The van der Waals surface area contributed by atoms with Gasteiger partial charge in [0.1, 0.15) is 0 Å². The highest BCUT2D eigenvalue weighted by atomic mass is 32.2. The number of nitro benzene ring substituents is 1. The zero-order valence-corrected chi connectivity index (χ0v) is 17.2. The van der Waals surface area contributed by atoms with E-state index in [1.165, 1.54) is 22.9 Å². The summed E-state index contributed by atoms with van der Waals surface area (Å²) in [5.41, 5.74) is 1.74. The van der Waals surface area contributed by atoms with Crippen LogP contribution >= 0.6 is 11.8 Å². The van der Waals surface area contributed by atoms with E-state index in [4.69, 9.17) is 0 Å². The number of benzene rings is 2. The fourth-order valence-corrected chi connectivity index (χ4v) is 3.40. The molecule has 1 N–H and O–H groups in total. The maximum atomic E-state index is 12.9. The van der Waals surface area contributed by atoms with Crippen LogP contribution in [0.2, 0.25) is 0 Å². The second-order valence-electron chi connectivity index (χ2n) is 7.41. The summed E-state index contributed by atoms with van der Waals surface area (Å²) in [5.74, 6) is -0.449. The zero-order chi connectivity index (χ0) is 21.2. The third kappa shape index (κ3) is 4.77. The number of carbonyl (C=O) groups is 1. The molecule has 10 heteroatoms. The van der Waals surface area contributed by atoms with Gasteiger partial charge in [0.25, 0.3) is 11.6 Å². The van der Waals surface area contributed by atoms with Gasteiger partial charge in [0.15, 0.2) is 0 Å². The molecule has 0 aliphatic rings. The first kappa shape index (κ1) is 20.5. The molecule has 2 aromatic carbocycles. The molecule has 0 saturated heterocycles. The van der Waals surface area contributed by atoms with Gasteiger partial charge in [-0.05, 0) is 51.4 Å². The van der Waals surface area contributed by atoms with Crippen LogP contribution in [0, 0.1) is 10.1 Å². The normalized spacial score (nSPS) is 11.3. The van der Waals surface area contributed by atoms with Crippen molar-refractivity contribution in [2.24, 2.45) is 7.05 Å². The Labute approximate surface area is 171 Å². The lowest BCUT2D eigenvalue weighted by Crippen LogP contribution is -2.14. The van der Waals surface area contributed by atoms with Crippen molar-refractivity contribution < 1.29 is 9.72 Å². The van der Waals surface area contributed by atoms with Gasteiger partial charge in [-0.25, -0.2) is 4.68 Å². The third-order valence-corrected chi connectivity index (χ3v) is 5.31. The molecule has 0 saturated carbocycles. The predicted octanol–water partition coefficient (Wildman–Crippen LogP) is 3.82. The Morgan fingerprint density at radius 3 is 2.41 bits per heavy atom. The molecule has 0 aliphatic heterocycles. The number of aromatic nitrogens is 4. The number of non-ortho nitro benzene ring substituents is 1. The summed E-state index contributed by atoms with van der Waals surface area (Å²) in [7, 11) is 1.67. The number of hydrogen-bond acceptors (Lipinski definition) is 7. The first-order chi connectivity index (χ1) is 13.6. The van der Waals surface area contributed by atoms with Crippen LogP contribution < -0.4 is 5.32 Å². The monoisotopic (exact) mass is 412 g/mol. The molecule has 29 heavy (non-hydrogen) atoms. The SMILES string of the molecule is Cn1nnnc1Sc1ccc([N+](=O)[O-])cc1C(=O)Nc1ccc(C(C)(C)C)cc1. The van der Waals surface area contributed by atoms with E-state index in [1.807, 2.05) is 24.3 Å². The molecule has 0 atom stereocenters. The minimum absolute atomic E-state index is 0.00344. The van der Waals surface area contributed by atoms with Crippen LogP contribution in [0.3, 0.4) is 0 Å². The molecule has 9 nitrogen and oxygen atoms in total. The van der Waals surface area contributed by atoms with Crippen LogP contribution in [-0.4, -0.2) is 31.0 Å². The van der Waals surface area contributed by atoms with Gasteiger partial charge in [0.05, 0.1) is 10.5 Å². The van der Waals surface area contributed by atoms with Gasteiger partial charge >= 0.3 is 0 Å². The number of carbonyl (C=O) groups excluding carboxylic acids is 1. The van der Waals surface area contributed by atoms with Gasteiger partial charge in [-0.3, -0.25) is 14.9 Å². The van der Waals surface area contributed by atoms with E-state index < -0.39 is 10.8 Å².